The number of carbonyl (C=O) groups is 1. The van der Waals surface area contributed by atoms with Crippen molar-refractivity contribution < 1.29 is 19.9 Å². The summed E-state index contributed by atoms with van der Waals surface area (Å²) in [4.78, 5) is 11.8. The van der Waals surface area contributed by atoms with E-state index in [0.29, 0.717) is 25.3 Å². The Bertz CT molecular complexity index is 602. The van der Waals surface area contributed by atoms with Gasteiger partial charge in [-0.15, -0.1) is 24.8 Å². The normalized spacial score (nSPS) is 20.7. The zero-order chi connectivity index (χ0) is 19.9. The van der Waals surface area contributed by atoms with Crippen LogP contribution in [0.3, 0.4) is 0 Å². The van der Waals surface area contributed by atoms with E-state index in [9.17, 15) is 9.90 Å². The molecule has 1 aromatic rings. The number of carboxylic acids is 1. The minimum absolute atomic E-state index is 0. The molecule has 0 aromatic heterocycles. The van der Waals surface area contributed by atoms with Gasteiger partial charge in [-0.05, 0) is 62.0 Å². The molecule has 2 rings (SSSR count). The minimum Gasteiger partial charge on any atom is -0.480 e. The average molecular weight is 470 g/mol. The molecule has 1 aliphatic carbocycles. The van der Waals surface area contributed by atoms with Gasteiger partial charge in [-0.1, -0.05) is 36.6 Å². The highest BCUT2D eigenvalue weighted by atomic mass is 35.5. The third-order valence-corrected chi connectivity index (χ3v) is 5.92. The van der Waals surface area contributed by atoms with Crippen LogP contribution in [0, 0.1) is 5.92 Å². The van der Waals surface area contributed by atoms with Crippen molar-refractivity contribution >= 4 is 49.5 Å². The second kappa shape index (κ2) is 13.7. The van der Waals surface area contributed by atoms with Gasteiger partial charge in [-0.3, -0.25) is 4.79 Å². The fraction of sp³-hybridized carbons (Fsp3) is 0.632. The Hall–Kier alpha value is -0.535. The number of hydrogen-bond acceptors (Lipinski definition) is 5. The summed E-state index contributed by atoms with van der Waals surface area (Å²) in [6, 6.07) is 8.11. The molecule has 6 nitrogen and oxygen atoms in total. The maximum Gasteiger partial charge on any atom is 0.451 e. The molecule has 0 saturated heterocycles. The monoisotopic (exact) mass is 468 g/mol. The van der Waals surface area contributed by atoms with Gasteiger partial charge in [0.2, 0.25) is 0 Å². The number of hydrogen-bond donors (Lipinski definition) is 5. The van der Waals surface area contributed by atoms with Gasteiger partial charge in [0.25, 0.3) is 0 Å². The standard InChI is InChI=1S/C19H30BClN2O4.2ClH/c21-16-7-3-14(4-8-16)13-23-17-9-5-15(6-10-17)19(22,18(24)25)11-1-2-12-20(26)27;;/h3-4,7-8,15,17,23,26-27H,1-2,5-6,9-13,22H2,(H,24,25);2*1H/t15-,17+,19?;;. The van der Waals surface area contributed by atoms with Crippen LogP contribution in [0.4, 0.5) is 0 Å². The summed E-state index contributed by atoms with van der Waals surface area (Å²) < 4.78 is 0. The predicted octanol–water partition coefficient (Wildman–Crippen LogP) is 3.26. The minimum atomic E-state index is -1.34. The Morgan fingerprint density at radius 3 is 2.24 bits per heavy atom. The van der Waals surface area contributed by atoms with Crippen LogP contribution in [0.25, 0.3) is 0 Å². The van der Waals surface area contributed by atoms with E-state index in [4.69, 9.17) is 27.4 Å². The van der Waals surface area contributed by atoms with Crippen LogP contribution in [0.2, 0.25) is 11.3 Å². The lowest BCUT2D eigenvalue weighted by Gasteiger charge is -2.39. The Morgan fingerprint density at radius 1 is 1.14 bits per heavy atom. The van der Waals surface area contributed by atoms with E-state index in [1.165, 1.54) is 5.56 Å². The average Bonchev–Trinajstić information content (AvgIpc) is 2.64. The number of aliphatic carboxylic acids is 1. The Morgan fingerprint density at radius 2 is 1.72 bits per heavy atom. The molecule has 1 unspecified atom stereocenters. The van der Waals surface area contributed by atoms with Gasteiger partial charge in [0.15, 0.2) is 0 Å². The van der Waals surface area contributed by atoms with Crippen LogP contribution >= 0.6 is 36.4 Å². The Kier molecular flexibility index (Phi) is 13.5. The summed E-state index contributed by atoms with van der Waals surface area (Å²) in [6.07, 6.45) is 5.11. The number of nitrogens with one attached hydrogen (secondary N) is 1. The number of unbranched alkanes of at least 4 members (excludes halogenated alkanes) is 1. The maximum atomic E-state index is 11.8. The summed E-state index contributed by atoms with van der Waals surface area (Å²) in [5.74, 6) is -1.01. The Balaban J connectivity index is 0.00000392. The highest BCUT2D eigenvalue weighted by Gasteiger charge is 2.43. The van der Waals surface area contributed by atoms with Gasteiger partial charge in [0.05, 0.1) is 0 Å². The lowest BCUT2D eigenvalue weighted by atomic mass is 9.71. The molecule has 10 heteroatoms. The van der Waals surface area contributed by atoms with Crippen molar-refractivity contribution in [1.82, 2.24) is 5.32 Å². The van der Waals surface area contributed by atoms with Gasteiger partial charge in [-0.25, -0.2) is 0 Å². The molecule has 29 heavy (non-hydrogen) atoms. The topological polar surface area (TPSA) is 116 Å². The quantitative estimate of drug-likeness (QED) is 0.265. The first-order chi connectivity index (χ1) is 12.8. The summed E-state index contributed by atoms with van der Waals surface area (Å²) >= 11 is 5.90. The lowest BCUT2D eigenvalue weighted by molar-refractivity contribution is -0.146. The van der Waals surface area contributed by atoms with E-state index in [0.717, 1.165) is 37.3 Å². The lowest BCUT2D eigenvalue weighted by Crippen LogP contribution is -2.55. The second-order valence-corrected chi connectivity index (χ2v) is 8.06. The smallest absolute Gasteiger partial charge is 0.451 e. The van der Waals surface area contributed by atoms with Crippen LogP contribution in [-0.4, -0.2) is 39.8 Å². The summed E-state index contributed by atoms with van der Waals surface area (Å²) in [5.41, 5.74) is 6.24. The second-order valence-electron chi connectivity index (χ2n) is 7.63. The fourth-order valence-electron chi connectivity index (χ4n) is 3.91. The number of benzene rings is 1. The highest BCUT2D eigenvalue weighted by Crippen LogP contribution is 2.35. The molecule has 0 spiro atoms. The van der Waals surface area contributed by atoms with Crippen molar-refractivity contribution in [3.8, 4) is 0 Å². The first-order valence-electron chi connectivity index (χ1n) is 9.67. The summed E-state index contributed by atoms with van der Waals surface area (Å²) in [6.45, 7) is 0.767. The molecular formula is C19H32BCl3N2O4. The van der Waals surface area contributed by atoms with Crippen molar-refractivity contribution in [3.63, 3.8) is 0 Å². The first-order valence-corrected chi connectivity index (χ1v) is 10.1. The number of nitrogens with two attached hydrogens (primary N) is 1. The van der Waals surface area contributed by atoms with Gasteiger partial charge in [-0.2, -0.15) is 0 Å². The third kappa shape index (κ3) is 9.01. The van der Waals surface area contributed by atoms with Crippen molar-refractivity contribution in [1.29, 1.82) is 0 Å². The molecule has 0 bridgehead atoms. The van der Waals surface area contributed by atoms with E-state index < -0.39 is 18.6 Å². The van der Waals surface area contributed by atoms with Gasteiger partial charge in [0, 0.05) is 17.6 Å². The molecule has 0 heterocycles. The van der Waals surface area contributed by atoms with Crippen LogP contribution in [0.15, 0.2) is 24.3 Å². The van der Waals surface area contributed by atoms with Crippen LogP contribution < -0.4 is 11.1 Å². The number of carboxylic acid groups (broad SMARTS) is 1. The molecule has 1 saturated carbocycles. The maximum absolute atomic E-state index is 11.8. The number of halogens is 3. The Labute approximate surface area is 190 Å². The zero-order valence-electron chi connectivity index (χ0n) is 16.4. The van der Waals surface area contributed by atoms with Crippen LogP contribution in [0.5, 0.6) is 0 Å². The molecule has 1 aromatic carbocycles. The summed E-state index contributed by atoms with van der Waals surface area (Å²) in [7, 11) is -1.34. The van der Waals surface area contributed by atoms with Crippen molar-refractivity contribution in [2.24, 2.45) is 11.7 Å². The van der Waals surface area contributed by atoms with Gasteiger partial charge < -0.3 is 26.2 Å². The summed E-state index contributed by atoms with van der Waals surface area (Å²) in [5, 5.41) is 31.8. The van der Waals surface area contributed by atoms with E-state index in [2.05, 4.69) is 5.32 Å². The van der Waals surface area contributed by atoms with Crippen LogP contribution in [0.1, 0.15) is 50.5 Å². The molecule has 1 fully saturated rings. The highest BCUT2D eigenvalue weighted by molar-refractivity contribution is 6.40. The largest absolute Gasteiger partial charge is 0.480 e. The van der Waals surface area contributed by atoms with Crippen molar-refractivity contribution in [2.45, 2.75) is 69.4 Å². The van der Waals surface area contributed by atoms with E-state index in [-0.39, 0.29) is 37.1 Å². The molecule has 0 aliphatic heterocycles. The first kappa shape index (κ1) is 28.5. The van der Waals surface area contributed by atoms with E-state index >= 15 is 0 Å². The SMILES string of the molecule is Cl.Cl.NC(CCCCB(O)O)(C(=O)O)[C@H]1CC[C@@H](NCc2ccc(Cl)cc2)CC1. The molecule has 0 amide bonds. The van der Waals surface area contributed by atoms with Crippen molar-refractivity contribution in [2.75, 3.05) is 0 Å². The molecule has 166 valence electrons. The molecule has 0 radical (unpaired) electrons. The van der Waals surface area contributed by atoms with Gasteiger partial charge >= 0.3 is 13.1 Å². The fourth-order valence-corrected chi connectivity index (χ4v) is 4.03. The molecule has 1 atom stereocenters. The van der Waals surface area contributed by atoms with Gasteiger partial charge in [0.1, 0.15) is 5.54 Å². The van der Waals surface area contributed by atoms with E-state index in [1.807, 2.05) is 24.3 Å². The van der Waals surface area contributed by atoms with Crippen molar-refractivity contribution in [3.05, 3.63) is 34.9 Å². The number of rotatable bonds is 10. The van der Waals surface area contributed by atoms with E-state index in [1.54, 1.807) is 0 Å². The zero-order valence-corrected chi connectivity index (χ0v) is 18.8. The molecular weight excluding hydrogens is 437 g/mol. The molecule has 1 aliphatic rings. The molecule has 6 N–H and O–H groups in total. The predicted molar refractivity (Wildman–Crippen MR) is 122 cm³/mol. The third-order valence-electron chi connectivity index (χ3n) is 5.66. The van der Waals surface area contributed by atoms with Crippen LogP contribution in [-0.2, 0) is 11.3 Å².